The van der Waals surface area contributed by atoms with Crippen LogP contribution in [0.25, 0.3) is 17.0 Å². The molecule has 12 heteroatoms. The van der Waals surface area contributed by atoms with Crippen LogP contribution in [0.4, 0.5) is 0 Å². The Labute approximate surface area is 250 Å². The first-order chi connectivity index (χ1) is 20.2. The highest BCUT2D eigenvalue weighted by Crippen LogP contribution is 2.25. The number of carbonyl (C=O) groups excluding carboxylic acids is 4. The number of amides is 3. The average Bonchev–Trinajstić information content (AvgIpc) is 2.96. The fourth-order valence-electron chi connectivity index (χ4n) is 4.98. The number of fused-ring (bicyclic) bond motifs is 4. The van der Waals surface area contributed by atoms with Gasteiger partial charge in [-0.1, -0.05) is 44.2 Å². The van der Waals surface area contributed by atoms with Crippen molar-refractivity contribution < 1.29 is 33.8 Å². The third kappa shape index (κ3) is 7.56. The molecule has 43 heavy (non-hydrogen) atoms. The number of aliphatic carboxylic acids is 1. The normalized spacial score (nSPS) is 26.0. The molecule has 0 unspecified atom stereocenters. The van der Waals surface area contributed by atoms with E-state index in [1.54, 1.807) is 52.8 Å². The monoisotopic (exact) mass is 593 g/mol. The number of hydrogen-bond acceptors (Lipinski definition) is 8. The summed E-state index contributed by atoms with van der Waals surface area (Å²) in [6.07, 6.45) is 2.99. The largest absolute Gasteiger partial charge is 0.481 e. The Bertz CT molecular complexity index is 1450. The number of rotatable bonds is 3. The van der Waals surface area contributed by atoms with Gasteiger partial charge in [0.1, 0.15) is 24.2 Å². The molecule has 3 amide bonds. The van der Waals surface area contributed by atoms with Crippen LogP contribution in [0.2, 0.25) is 0 Å². The lowest BCUT2D eigenvalue weighted by atomic mass is 9.89. The zero-order valence-corrected chi connectivity index (χ0v) is 25.0. The Kier molecular flexibility index (Phi) is 9.49. The molecule has 0 radical (unpaired) electrons. The fourth-order valence-corrected chi connectivity index (χ4v) is 4.98. The molecule has 12 nitrogen and oxygen atoms in total. The zero-order chi connectivity index (χ0) is 31.5. The van der Waals surface area contributed by atoms with Crippen LogP contribution in [0.3, 0.4) is 0 Å². The molecule has 1 saturated heterocycles. The maximum Gasteiger partial charge on any atom is 0.325 e. The Morgan fingerprint density at radius 3 is 2.56 bits per heavy atom. The van der Waals surface area contributed by atoms with E-state index in [0.29, 0.717) is 24.1 Å². The van der Waals surface area contributed by atoms with Gasteiger partial charge in [0.25, 0.3) is 5.91 Å². The minimum atomic E-state index is -1.44. The summed E-state index contributed by atoms with van der Waals surface area (Å²) >= 11 is 0. The number of nitrogens with zero attached hydrogens (tertiary/aromatic N) is 2. The molecule has 1 aromatic heterocycles. The second-order valence-electron chi connectivity index (χ2n) is 12.0. The quantitative estimate of drug-likeness (QED) is 0.391. The molecule has 4 rings (SSSR count). The van der Waals surface area contributed by atoms with E-state index in [4.69, 9.17) is 9.72 Å². The van der Waals surface area contributed by atoms with Crippen LogP contribution < -0.4 is 16.1 Å². The number of carboxylic acid groups (broad SMARTS) is 1. The van der Waals surface area contributed by atoms with Gasteiger partial charge in [-0.15, -0.1) is 0 Å². The van der Waals surface area contributed by atoms with Crippen LogP contribution >= 0.6 is 0 Å². The highest BCUT2D eigenvalue weighted by atomic mass is 16.5. The average molecular weight is 594 g/mol. The van der Waals surface area contributed by atoms with E-state index in [9.17, 15) is 29.1 Å². The van der Waals surface area contributed by atoms with E-state index < -0.39 is 65.7 Å². The predicted octanol–water partition coefficient (Wildman–Crippen LogP) is 2.49. The SMILES string of the molecule is CC(C)[C@@H]1NC(=O)C(C)(C)/C=C/c2ccc3ccc(nc3c2)[C@@H](C)OC(=O)[C@@H]2CCCN(N2)C(=O)[C@H](CC(=O)O)NC1=O. The van der Waals surface area contributed by atoms with Crippen molar-refractivity contribution in [3.05, 3.63) is 47.7 Å². The molecule has 0 spiro atoms. The van der Waals surface area contributed by atoms with Crippen LogP contribution in [-0.2, 0) is 28.7 Å². The Morgan fingerprint density at radius 2 is 1.86 bits per heavy atom. The molecule has 4 N–H and O–H groups in total. The molecule has 2 aliphatic heterocycles. The summed E-state index contributed by atoms with van der Waals surface area (Å²) in [5.41, 5.74) is 3.85. The molecule has 1 fully saturated rings. The third-order valence-electron chi connectivity index (χ3n) is 7.69. The Morgan fingerprint density at radius 1 is 1.14 bits per heavy atom. The molecule has 5 bridgehead atoms. The predicted molar refractivity (Wildman–Crippen MR) is 158 cm³/mol. The van der Waals surface area contributed by atoms with Crippen LogP contribution in [-0.4, -0.2) is 69.4 Å². The van der Waals surface area contributed by atoms with E-state index in [1.165, 1.54) is 0 Å². The molecule has 0 aliphatic carbocycles. The minimum absolute atomic E-state index is 0.198. The number of hydrazine groups is 1. The lowest BCUT2D eigenvalue weighted by Crippen LogP contribution is -2.62. The van der Waals surface area contributed by atoms with Crippen LogP contribution in [0.5, 0.6) is 0 Å². The first-order valence-corrected chi connectivity index (χ1v) is 14.5. The topological polar surface area (TPSA) is 167 Å². The summed E-state index contributed by atoms with van der Waals surface area (Å²) in [5.74, 6) is -4.08. The molecule has 4 atom stereocenters. The van der Waals surface area contributed by atoms with Gasteiger partial charge in [0.2, 0.25) is 11.8 Å². The number of ether oxygens (including phenoxy) is 1. The number of hydrogen-bond donors (Lipinski definition) is 4. The maximum absolute atomic E-state index is 13.5. The number of carbonyl (C=O) groups is 5. The molecule has 230 valence electrons. The van der Waals surface area contributed by atoms with Gasteiger partial charge in [-0.2, -0.15) is 0 Å². The number of aromatic nitrogens is 1. The van der Waals surface area contributed by atoms with Crippen molar-refractivity contribution in [2.75, 3.05) is 6.54 Å². The Hall–Kier alpha value is -4.32. The second kappa shape index (κ2) is 12.9. The van der Waals surface area contributed by atoms with Crippen molar-refractivity contribution in [1.29, 1.82) is 0 Å². The van der Waals surface area contributed by atoms with Gasteiger partial charge in [-0.05, 0) is 57.2 Å². The summed E-state index contributed by atoms with van der Waals surface area (Å²) in [5, 5.41) is 16.9. The number of nitrogens with one attached hydrogen (secondary N) is 3. The van der Waals surface area contributed by atoms with Crippen LogP contribution in [0.15, 0.2) is 36.4 Å². The number of esters is 1. The third-order valence-corrected chi connectivity index (χ3v) is 7.69. The highest BCUT2D eigenvalue weighted by Gasteiger charge is 2.37. The van der Waals surface area contributed by atoms with E-state index in [1.807, 2.05) is 24.3 Å². The molecule has 1 aromatic carbocycles. The molecular formula is C31H39N5O7. The Balaban J connectivity index is 1.73. The fraction of sp³-hybridized carbons (Fsp3) is 0.484. The van der Waals surface area contributed by atoms with E-state index >= 15 is 0 Å². The summed E-state index contributed by atoms with van der Waals surface area (Å²) in [7, 11) is 0. The lowest BCUT2D eigenvalue weighted by Gasteiger charge is -2.35. The van der Waals surface area contributed by atoms with Gasteiger partial charge in [0.05, 0.1) is 23.0 Å². The summed E-state index contributed by atoms with van der Waals surface area (Å²) in [6.45, 7) is 8.81. The number of carboxylic acids is 1. The second-order valence-corrected chi connectivity index (χ2v) is 12.0. The number of benzene rings is 1. The van der Waals surface area contributed by atoms with Gasteiger partial charge in [0, 0.05) is 11.9 Å². The number of cyclic esters (lactones) is 1. The van der Waals surface area contributed by atoms with Gasteiger partial charge in [0.15, 0.2) is 0 Å². The molecule has 3 heterocycles. The van der Waals surface area contributed by atoms with Crippen LogP contribution in [0, 0.1) is 11.3 Å². The smallest absolute Gasteiger partial charge is 0.325 e. The van der Waals surface area contributed by atoms with Gasteiger partial charge in [-0.3, -0.25) is 29.0 Å². The summed E-state index contributed by atoms with van der Waals surface area (Å²) in [4.78, 5) is 69.7. The first kappa shape index (κ1) is 31.6. The van der Waals surface area contributed by atoms with Gasteiger partial charge < -0.3 is 20.5 Å². The molecular weight excluding hydrogens is 554 g/mol. The summed E-state index contributed by atoms with van der Waals surface area (Å²) in [6, 6.07) is 6.02. The minimum Gasteiger partial charge on any atom is -0.481 e. The maximum atomic E-state index is 13.5. The molecule has 0 saturated carbocycles. The standard InChI is InChI=1S/C31H39N5O7/c1-17(2)26-27(39)33-24(16-25(37)38)28(40)36-14-6-7-22(35-36)29(41)43-18(3)21-11-10-20-9-8-19(15-23(20)32-21)12-13-31(4,5)30(42)34-26/h8-13,15,17-18,22,24,26,35H,6-7,14,16H2,1-5H3,(H,33,39)(H,34,42)(H,37,38)/b13-12+/t18-,22+,24+,26+/m1/s1. The number of pyridine rings is 1. The summed E-state index contributed by atoms with van der Waals surface area (Å²) < 4.78 is 5.72. The van der Waals surface area contributed by atoms with Crippen molar-refractivity contribution >= 4 is 46.6 Å². The van der Waals surface area contributed by atoms with E-state index in [-0.39, 0.29) is 12.5 Å². The van der Waals surface area contributed by atoms with E-state index in [0.717, 1.165) is 16.0 Å². The van der Waals surface area contributed by atoms with Gasteiger partial charge >= 0.3 is 11.9 Å². The van der Waals surface area contributed by atoms with Crippen molar-refractivity contribution in [2.45, 2.75) is 78.1 Å². The van der Waals surface area contributed by atoms with Crippen molar-refractivity contribution in [3.8, 4) is 0 Å². The lowest BCUT2D eigenvalue weighted by molar-refractivity contribution is -0.158. The molecule has 2 aliphatic rings. The van der Waals surface area contributed by atoms with Gasteiger partial charge in [-0.25, -0.2) is 10.4 Å². The van der Waals surface area contributed by atoms with Crippen LogP contribution in [0.1, 0.15) is 71.2 Å². The van der Waals surface area contributed by atoms with Crippen molar-refractivity contribution in [2.24, 2.45) is 11.3 Å². The highest BCUT2D eigenvalue weighted by molar-refractivity contribution is 5.95. The first-order valence-electron chi connectivity index (χ1n) is 14.5. The van der Waals surface area contributed by atoms with Crippen molar-refractivity contribution in [1.82, 2.24) is 26.1 Å². The zero-order valence-electron chi connectivity index (χ0n) is 25.0. The molecule has 2 aromatic rings. The van der Waals surface area contributed by atoms with Crippen molar-refractivity contribution in [3.63, 3.8) is 0 Å². The van der Waals surface area contributed by atoms with E-state index in [2.05, 4.69) is 16.1 Å².